The first-order chi connectivity index (χ1) is 14.8. The van der Waals surface area contributed by atoms with Crippen LogP contribution in [0.25, 0.3) is 0 Å². The number of carbonyl (C=O) groups excluding carboxylic acids is 2. The smallest absolute Gasteiger partial charge is 0.262 e. The van der Waals surface area contributed by atoms with Crippen molar-refractivity contribution in [2.75, 3.05) is 38.7 Å². The molecule has 2 aromatic rings. The quantitative estimate of drug-likeness (QED) is 0.624. The van der Waals surface area contributed by atoms with Crippen molar-refractivity contribution < 1.29 is 14.3 Å². The van der Waals surface area contributed by atoms with Gasteiger partial charge in [-0.2, -0.15) is 0 Å². The number of halogens is 1. The molecule has 2 heterocycles. The number of likely N-dealkylation sites (N-methyl/N-ethyl adjacent to an activating group) is 1. The molecule has 1 aromatic carbocycles. The lowest BCUT2D eigenvalue weighted by Crippen LogP contribution is -2.46. The van der Waals surface area contributed by atoms with Gasteiger partial charge < -0.3 is 20.3 Å². The molecule has 6 nitrogen and oxygen atoms in total. The van der Waals surface area contributed by atoms with E-state index in [4.69, 9.17) is 16.3 Å². The van der Waals surface area contributed by atoms with Gasteiger partial charge in [-0.15, -0.1) is 11.3 Å². The number of thiophene rings is 1. The zero-order valence-corrected chi connectivity index (χ0v) is 19.8. The second-order valence-corrected chi connectivity index (χ2v) is 10.1. The molecule has 0 radical (unpaired) electrons. The highest BCUT2D eigenvalue weighted by atomic mass is 35.5. The molecule has 1 unspecified atom stereocenters. The number of hydrogen-bond donors (Lipinski definition) is 2. The third-order valence-corrected chi connectivity index (χ3v) is 6.38. The number of nitrogens with zero attached hydrogens (tertiary/aromatic N) is 1. The standard InChI is InChI=1S/C23H30ClN3O3S/c1-15(2)13-30-14-19(26-23(29)20-6-7-21(24)31-20)22(28)25-18-5-4-16-8-10-27(3)11-9-17(16)12-18/h4-7,12,15,19H,8-11,13-14H2,1-3H3,(H,25,28)(H,26,29). The average Bonchev–Trinajstić information content (AvgIpc) is 3.08. The van der Waals surface area contributed by atoms with Crippen LogP contribution in [-0.2, 0) is 22.4 Å². The fourth-order valence-corrected chi connectivity index (χ4v) is 4.36. The Hall–Kier alpha value is -1.93. The Morgan fingerprint density at radius 3 is 2.55 bits per heavy atom. The van der Waals surface area contributed by atoms with E-state index in [1.807, 2.05) is 26.0 Å². The van der Waals surface area contributed by atoms with Crippen molar-refractivity contribution in [3.63, 3.8) is 0 Å². The van der Waals surface area contributed by atoms with Crippen LogP contribution in [0, 0.1) is 5.92 Å². The van der Waals surface area contributed by atoms with Gasteiger partial charge in [0.2, 0.25) is 5.91 Å². The first kappa shape index (κ1) is 23.7. The molecular weight excluding hydrogens is 434 g/mol. The molecular formula is C23H30ClN3O3S. The molecule has 0 aliphatic carbocycles. The molecule has 8 heteroatoms. The Labute approximate surface area is 192 Å². The van der Waals surface area contributed by atoms with Crippen LogP contribution >= 0.6 is 22.9 Å². The van der Waals surface area contributed by atoms with Gasteiger partial charge in [-0.25, -0.2) is 0 Å². The van der Waals surface area contributed by atoms with Crippen molar-refractivity contribution in [2.45, 2.75) is 32.7 Å². The van der Waals surface area contributed by atoms with Crippen LogP contribution in [0.3, 0.4) is 0 Å². The minimum absolute atomic E-state index is 0.102. The Kier molecular flexibility index (Phi) is 8.49. The largest absolute Gasteiger partial charge is 0.378 e. The summed E-state index contributed by atoms with van der Waals surface area (Å²) in [7, 11) is 2.12. The summed E-state index contributed by atoms with van der Waals surface area (Å²) in [6.45, 7) is 6.71. The molecule has 0 spiro atoms. The average molecular weight is 464 g/mol. The molecule has 31 heavy (non-hydrogen) atoms. The van der Waals surface area contributed by atoms with Crippen LogP contribution in [0.4, 0.5) is 5.69 Å². The van der Waals surface area contributed by atoms with E-state index in [9.17, 15) is 9.59 Å². The van der Waals surface area contributed by atoms with Crippen molar-refractivity contribution >= 4 is 40.4 Å². The minimum Gasteiger partial charge on any atom is -0.378 e. The number of amides is 2. The summed E-state index contributed by atoms with van der Waals surface area (Å²) in [5.41, 5.74) is 3.31. The van der Waals surface area contributed by atoms with E-state index in [1.54, 1.807) is 12.1 Å². The van der Waals surface area contributed by atoms with E-state index in [0.29, 0.717) is 21.7 Å². The zero-order chi connectivity index (χ0) is 22.4. The lowest BCUT2D eigenvalue weighted by atomic mass is 10.0. The zero-order valence-electron chi connectivity index (χ0n) is 18.2. The highest BCUT2D eigenvalue weighted by Gasteiger charge is 2.23. The lowest BCUT2D eigenvalue weighted by molar-refractivity contribution is -0.119. The van der Waals surface area contributed by atoms with Crippen molar-refractivity contribution in [3.8, 4) is 0 Å². The van der Waals surface area contributed by atoms with E-state index in [1.165, 1.54) is 22.5 Å². The number of rotatable bonds is 8. The van der Waals surface area contributed by atoms with Crippen molar-refractivity contribution in [1.82, 2.24) is 10.2 Å². The Balaban J connectivity index is 1.69. The fraction of sp³-hybridized carbons (Fsp3) is 0.478. The van der Waals surface area contributed by atoms with E-state index in [-0.39, 0.29) is 18.4 Å². The predicted octanol–water partition coefficient (Wildman–Crippen LogP) is 3.84. The number of carbonyl (C=O) groups is 2. The normalized spacial score (nSPS) is 15.3. The van der Waals surface area contributed by atoms with Gasteiger partial charge in [-0.05, 0) is 61.2 Å². The van der Waals surface area contributed by atoms with Crippen LogP contribution in [0.2, 0.25) is 4.34 Å². The minimum atomic E-state index is -0.808. The molecule has 0 saturated carbocycles. The van der Waals surface area contributed by atoms with Crippen molar-refractivity contribution in [1.29, 1.82) is 0 Å². The first-order valence-electron chi connectivity index (χ1n) is 10.6. The second-order valence-electron chi connectivity index (χ2n) is 8.34. The summed E-state index contributed by atoms with van der Waals surface area (Å²) in [5, 5.41) is 5.74. The fourth-order valence-electron chi connectivity index (χ4n) is 3.41. The topological polar surface area (TPSA) is 70.7 Å². The molecule has 3 rings (SSSR count). The van der Waals surface area contributed by atoms with Crippen LogP contribution in [0.15, 0.2) is 30.3 Å². The number of hydrogen-bond acceptors (Lipinski definition) is 5. The van der Waals surface area contributed by atoms with E-state index in [0.717, 1.165) is 31.6 Å². The van der Waals surface area contributed by atoms with Gasteiger partial charge in [-0.3, -0.25) is 9.59 Å². The summed E-state index contributed by atoms with van der Waals surface area (Å²) >= 11 is 7.12. The predicted molar refractivity (Wildman–Crippen MR) is 126 cm³/mol. The number of benzene rings is 1. The number of fused-ring (bicyclic) bond motifs is 1. The molecule has 1 aliphatic rings. The maximum absolute atomic E-state index is 13.0. The number of ether oxygens (including phenoxy) is 1. The molecule has 1 aliphatic heterocycles. The molecule has 2 amide bonds. The second kappa shape index (κ2) is 11.1. The van der Waals surface area contributed by atoms with Gasteiger partial charge in [0.05, 0.1) is 15.8 Å². The highest BCUT2D eigenvalue weighted by molar-refractivity contribution is 7.18. The van der Waals surface area contributed by atoms with Gasteiger partial charge in [0.1, 0.15) is 6.04 Å². The van der Waals surface area contributed by atoms with E-state index < -0.39 is 6.04 Å². The van der Waals surface area contributed by atoms with Gasteiger partial charge >= 0.3 is 0 Å². The molecule has 2 N–H and O–H groups in total. The Morgan fingerprint density at radius 1 is 1.13 bits per heavy atom. The monoisotopic (exact) mass is 463 g/mol. The van der Waals surface area contributed by atoms with Crippen molar-refractivity contribution in [2.24, 2.45) is 5.92 Å². The molecule has 0 bridgehead atoms. The van der Waals surface area contributed by atoms with E-state index in [2.05, 4.69) is 28.6 Å². The van der Waals surface area contributed by atoms with Gasteiger partial charge in [0.25, 0.3) is 5.91 Å². The van der Waals surface area contributed by atoms with Crippen LogP contribution < -0.4 is 10.6 Å². The summed E-state index contributed by atoms with van der Waals surface area (Å²) in [4.78, 5) is 28.4. The maximum atomic E-state index is 13.0. The lowest BCUT2D eigenvalue weighted by Gasteiger charge is -2.19. The summed E-state index contributed by atoms with van der Waals surface area (Å²) < 4.78 is 6.20. The van der Waals surface area contributed by atoms with Crippen LogP contribution in [-0.4, -0.2) is 56.1 Å². The van der Waals surface area contributed by atoms with Gasteiger partial charge in [0.15, 0.2) is 0 Å². The van der Waals surface area contributed by atoms with E-state index >= 15 is 0 Å². The molecule has 0 saturated heterocycles. The number of anilines is 1. The summed E-state index contributed by atoms with van der Waals surface area (Å²) in [5.74, 6) is -0.307. The molecule has 0 fully saturated rings. The SMILES string of the molecule is CC(C)COCC(NC(=O)c1ccc(Cl)s1)C(=O)Nc1ccc2c(c1)CCN(C)CC2. The third kappa shape index (κ3) is 7.04. The summed E-state index contributed by atoms with van der Waals surface area (Å²) in [6.07, 6.45) is 1.96. The molecule has 168 valence electrons. The molecule has 1 atom stereocenters. The van der Waals surface area contributed by atoms with Crippen LogP contribution in [0.5, 0.6) is 0 Å². The maximum Gasteiger partial charge on any atom is 0.262 e. The molecule has 1 aromatic heterocycles. The first-order valence-corrected chi connectivity index (χ1v) is 11.8. The summed E-state index contributed by atoms with van der Waals surface area (Å²) in [6, 6.07) is 8.56. The Bertz CT molecular complexity index is 915. The third-order valence-electron chi connectivity index (χ3n) is 5.15. The van der Waals surface area contributed by atoms with Gasteiger partial charge in [0, 0.05) is 25.4 Å². The Morgan fingerprint density at radius 2 is 1.87 bits per heavy atom. The van der Waals surface area contributed by atoms with Gasteiger partial charge in [-0.1, -0.05) is 31.5 Å². The highest BCUT2D eigenvalue weighted by Crippen LogP contribution is 2.22. The van der Waals surface area contributed by atoms with Crippen LogP contribution in [0.1, 0.15) is 34.6 Å². The van der Waals surface area contributed by atoms with Crippen molar-refractivity contribution in [3.05, 3.63) is 50.7 Å². The number of nitrogens with one attached hydrogen (secondary N) is 2.